The Morgan fingerprint density at radius 2 is 0.558 bits per heavy atom. The predicted molar refractivity (Wildman–Crippen MR) is 344 cm³/mol. The fourth-order valence-electron chi connectivity index (χ4n) is 9.93. The second-order valence-electron chi connectivity index (χ2n) is 25.9. The molecule has 0 aromatic heterocycles. The van der Waals surface area contributed by atoms with Crippen LogP contribution in [0.1, 0.15) is 325 Å². The van der Waals surface area contributed by atoms with E-state index in [1.54, 1.807) is 0 Å². The maximum absolute atomic E-state index is 13.0. The summed E-state index contributed by atoms with van der Waals surface area (Å²) in [6.45, 7) is 14.0. The zero-order chi connectivity index (χ0) is 63.9. The maximum Gasteiger partial charge on any atom is 0.472 e. The number of aliphatic hydroxyl groups is 1. The Morgan fingerprint density at radius 3 is 0.826 bits per heavy atom. The van der Waals surface area contributed by atoms with Crippen LogP contribution in [0, 0.1) is 23.7 Å². The summed E-state index contributed by atoms with van der Waals surface area (Å²) in [6.07, 6.45) is 37.7. The first kappa shape index (κ1) is 84.1. The molecule has 4 unspecified atom stereocenters. The molecule has 3 N–H and O–H groups in total. The van der Waals surface area contributed by atoms with E-state index in [1.165, 1.54) is 122 Å². The molecule has 0 fully saturated rings. The summed E-state index contributed by atoms with van der Waals surface area (Å²) >= 11 is 0. The zero-order valence-corrected chi connectivity index (χ0v) is 57.7. The average Bonchev–Trinajstić information content (AvgIpc) is 3.68. The molecular weight excluding hydrogens is 1140 g/mol. The van der Waals surface area contributed by atoms with E-state index in [1.807, 2.05) is 0 Å². The molecule has 19 heteroatoms. The average molecular weight is 1270 g/mol. The zero-order valence-electron chi connectivity index (χ0n) is 55.9. The van der Waals surface area contributed by atoms with E-state index in [4.69, 9.17) is 37.0 Å². The number of aliphatic hydroxyl groups excluding tert-OH is 1. The third kappa shape index (κ3) is 59.7. The first-order valence-corrected chi connectivity index (χ1v) is 37.7. The number of esters is 4. The molecule has 86 heavy (non-hydrogen) atoms. The van der Waals surface area contributed by atoms with Crippen LogP contribution in [0.4, 0.5) is 0 Å². The van der Waals surface area contributed by atoms with Crippen molar-refractivity contribution in [1.82, 2.24) is 0 Å². The van der Waals surface area contributed by atoms with Gasteiger partial charge in [0, 0.05) is 25.7 Å². The third-order valence-corrected chi connectivity index (χ3v) is 17.6. The Hall–Kier alpha value is -1.94. The van der Waals surface area contributed by atoms with Gasteiger partial charge in [-0.2, -0.15) is 0 Å². The van der Waals surface area contributed by atoms with Gasteiger partial charge in [0.15, 0.2) is 12.2 Å². The van der Waals surface area contributed by atoms with Gasteiger partial charge in [-0.15, -0.1) is 0 Å². The van der Waals surface area contributed by atoms with E-state index in [-0.39, 0.29) is 25.7 Å². The van der Waals surface area contributed by atoms with Gasteiger partial charge in [-0.3, -0.25) is 37.3 Å². The fourth-order valence-corrected chi connectivity index (χ4v) is 11.5. The van der Waals surface area contributed by atoms with Crippen LogP contribution in [0.3, 0.4) is 0 Å². The highest BCUT2D eigenvalue weighted by Gasteiger charge is 2.30. The number of carbonyl (C=O) groups is 4. The second kappa shape index (κ2) is 57.0. The maximum atomic E-state index is 13.0. The smallest absolute Gasteiger partial charge is 0.462 e. The van der Waals surface area contributed by atoms with Crippen molar-refractivity contribution >= 4 is 39.5 Å². The Bertz CT molecular complexity index is 1720. The molecule has 0 saturated heterocycles. The Labute approximate surface area is 524 Å². The van der Waals surface area contributed by atoms with E-state index in [2.05, 4.69) is 55.4 Å². The molecule has 0 heterocycles. The monoisotopic (exact) mass is 1270 g/mol. The largest absolute Gasteiger partial charge is 0.472 e. The molecule has 6 atom stereocenters. The van der Waals surface area contributed by atoms with Crippen molar-refractivity contribution in [1.29, 1.82) is 0 Å². The van der Waals surface area contributed by atoms with Gasteiger partial charge in [0.2, 0.25) is 0 Å². The van der Waals surface area contributed by atoms with Crippen LogP contribution in [0.25, 0.3) is 0 Å². The predicted octanol–water partition coefficient (Wildman–Crippen LogP) is 18.5. The highest BCUT2D eigenvalue weighted by atomic mass is 31.2. The van der Waals surface area contributed by atoms with Crippen LogP contribution in [0.15, 0.2) is 0 Å². The van der Waals surface area contributed by atoms with Gasteiger partial charge < -0.3 is 33.8 Å². The molecule has 0 spiro atoms. The fraction of sp³-hybridized carbons (Fsp3) is 0.940. The molecule has 0 radical (unpaired) electrons. The minimum absolute atomic E-state index is 0.101. The van der Waals surface area contributed by atoms with E-state index in [0.29, 0.717) is 37.5 Å². The van der Waals surface area contributed by atoms with E-state index in [9.17, 15) is 43.2 Å². The summed E-state index contributed by atoms with van der Waals surface area (Å²) in [6, 6.07) is 0. The van der Waals surface area contributed by atoms with Crippen molar-refractivity contribution in [3.8, 4) is 0 Å². The van der Waals surface area contributed by atoms with Gasteiger partial charge in [-0.1, -0.05) is 274 Å². The molecule has 0 bridgehead atoms. The molecule has 0 aliphatic rings. The molecule has 17 nitrogen and oxygen atoms in total. The van der Waals surface area contributed by atoms with Crippen LogP contribution in [0.5, 0.6) is 0 Å². The minimum atomic E-state index is -4.95. The van der Waals surface area contributed by atoms with Crippen molar-refractivity contribution in [3.05, 3.63) is 0 Å². The highest BCUT2D eigenvalue weighted by Crippen LogP contribution is 2.45. The number of phosphoric ester groups is 2. The van der Waals surface area contributed by atoms with Gasteiger partial charge in [-0.25, -0.2) is 9.13 Å². The molecule has 0 aromatic carbocycles. The molecule has 0 aliphatic heterocycles. The number of carbonyl (C=O) groups excluding carboxylic acids is 4. The van der Waals surface area contributed by atoms with Crippen LogP contribution >= 0.6 is 15.6 Å². The molecule has 0 aliphatic carbocycles. The van der Waals surface area contributed by atoms with Crippen LogP contribution in [0.2, 0.25) is 0 Å². The van der Waals surface area contributed by atoms with E-state index >= 15 is 0 Å². The number of hydrogen-bond donors (Lipinski definition) is 3. The van der Waals surface area contributed by atoms with Gasteiger partial charge in [0.25, 0.3) is 0 Å². The first-order valence-electron chi connectivity index (χ1n) is 34.7. The first-order chi connectivity index (χ1) is 41.1. The van der Waals surface area contributed by atoms with Crippen LogP contribution in [-0.2, 0) is 65.4 Å². The summed E-state index contributed by atoms with van der Waals surface area (Å²) in [7, 11) is -9.90. The van der Waals surface area contributed by atoms with Crippen LogP contribution < -0.4 is 0 Å². The molecule has 0 saturated carbocycles. The number of phosphoric acid groups is 2. The van der Waals surface area contributed by atoms with Gasteiger partial charge in [0.05, 0.1) is 26.4 Å². The second-order valence-corrected chi connectivity index (χ2v) is 28.8. The van der Waals surface area contributed by atoms with Gasteiger partial charge in [0.1, 0.15) is 19.3 Å². The van der Waals surface area contributed by atoms with Crippen molar-refractivity contribution in [2.24, 2.45) is 23.7 Å². The van der Waals surface area contributed by atoms with Gasteiger partial charge in [-0.05, 0) is 49.4 Å². The highest BCUT2D eigenvalue weighted by molar-refractivity contribution is 7.47. The SMILES string of the molecule is CCC(C)CCCCCCCCCCCCC(=O)O[C@H](COC(=O)CCCCCCCCCCCCC(C)C)COP(=O)(O)OCC(O)COP(=O)(O)OC[C@@H](COC(=O)CCCCCCCCCC(C)C)OC(=O)CCCCCCCCC(C)C. The van der Waals surface area contributed by atoms with Gasteiger partial charge >= 0.3 is 39.5 Å². The van der Waals surface area contributed by atoms with Crippen molar-refractivity contribution < 1.29 is 80.2 Å². The Morgan fingerprint density at radius 1 is 0.326 bits per heavy atom. The minimum Gasteiger partial charge on any atom is -0.462 e. The molecule has 0 amide bonds. The van der Waals surface area contributed by atoms with E-state index < -0.39 is 97.5 Å². The van der Waals surface area contributed by atoms with E-state index in [0.717, 1.165) is 108 Å². The summed E-state index contributed by atoms with van der Waals surface area (Å²) in [5.41, 5.74) is 0. The molecule has 0 aromatic rings. The topological polar surface area (TPSA) is 237 Å². The quantitative estimate of drug-likeness (QED) is 0.0222. The molecule has 510 valence electrons. The van der Waals surface area contributed by atoms with Crippen molar-refractivity contribution in [3.63, 3.8) is 0 Å². The lowest BCUT2D eigenvalue weighted by molar-refractivity contribution is -0.161. The van der Waals surface area contributed by atoms with Crippen molar-refractivity contribution in [2.75, 3.05) is 39.6 Å². The number of ether oxygens (including phenoxy) is 4. The summed E-state index contributed by atoms with van der Waals surface area (Å²) < 4.78 is 68.1. The summed E-state index contributed by atoms with van der Waals surface area (Å²) in [4.78, 5) is 72.3. The number of hydrogen-bond acceptors (Lipinski definition) is 15. The lowest BCUT2D eigenvalue weighted by Gasteiger charge is -2.21. The lowest BCUT2D eigenvalue weighted by atomic mass is 9.99. The third-order valence-electron chi connectivity index (χ3n) is 15.7. The van der Waals surface area contributed by atoms with Crippen molar-refractivity contribution in [2.45, 2.75) is 343 Å². The van der Waals surface area contributed by atoms with Crippen LogP contribution in [-0.4, -0.2) is 96.7 Å². The number of rotatable bonds is 64. The number of unbranched alkanes of at least 4 members (excludes halogenated alkanes) is 29. The summed E-state index contributed by atoms with van der Waals surface area (Å²) in [5.74, 6) is 0.798. The standard InChI is InChI=1S/C67H130O17P2/c1-9-60(8)46-38-30-21-15-11-13-17-23-33-41-49-66(71)83-62(53-77-64(69)47-39-31-22-16-12-10-14-19-27-35-43-57(2)3)55-81-85(73,74)79-51-61(68)52-80-86(75,76)82-56-63(84-67(72)50-42-34-26-25-29-37-45-59(6)7)54-78-65(70)48-40-32-24-18-20-28-36-44-58(4)5/h57-63,68H,9-56H2,1-8H3,(H,73,74)(H,75,76)/t60?,61?,62-,63-/m1/s1. The molecular formula is C67H130O17P2. The lowest BCUT2D eigenvalue weighted by Crippen LogP contribution is -2.30. The summed E-state index contributed by atoms with van der Waals surface area (Å²) in [5, 5.41) is 10.6. The Kier molecular flexibility index (Phi) is 55.7. The normalized spacial score (nSPS) is 14.7. The Balaban J connectivity index is 5.25. The molecule has 0 rings (SSSR count).